The molecule has 0 bridgehead atoms. The highest BCUT2D eigenvalue weighted by molar-refractivity contribution is 7.92. The van der Waals surface area contributed by atoms with Gasteiger partial charge in [-0.25, -0.2) is 8.42 Å². The lowest BCUT2D eigenvalue weighted by Crippen LogP contribution is -2.54. The second-order valence-corrected chi connectivity index (χ2v) is 13.0. The Balaban J connectivity index is 1.83. The molecule has 0 spiro atoms. The average molecular weight is 648 g/mol. The molecular formula is C35H38ClN3O5S. The number of hydrogen-bond acceptors (Lipinski definition) is 5. The van der Waals surface area contributed by atoms with Gasteiger partial charge < -0.3 is 15.0 Å². The quantitative estimate of drug-likeness (QED) is 0.179. The van der Waals surface area contributed by atoms with Gasteiger partial charge >= 0.3 is 0 Å². The highest BCUT2D eigenvalue weighted by Gasteiger charge is 2.35. The molecule has 4 aromatic rings. The molecule has 0 saturated heterocycles. The molecule has 2 amide bonds. The van der Waals surface area contributed by atoms with Crippen LogP contribution in [-0.2, 0) is 32.6 Å². The van der Waals surface area contributed by atoms with Gasteiger partial charge in [-0.15, -0.1) is 0 Å². The van der Waals surface area contributed by atoms with Gasteiger partial charge in [-0.05, 0) is 60.9 Å². The molecule has 0 unspecified atom stereocenters. The summed E-state index contributed by atoms with van der Waals surface area (Å²) >= 11 is 6.31. The van der Waals surface area contributed by atoms with Crippen LogP contribution >= 0.6 is 11.6 Å². The number of halogens is 1. The van der Waals surface area contributed by atoms with Gasteiger partial charge in [0.15, 0.2) is 0 Å². The predicted octanol–water partition coefficient (Wildman–Crippen LogP) is 6.10. The molecule has 1 N–H and O–H groups in total. The van der Waals surface area contributed by atoms with E-state index in [0.717, 1.165) is 9.87 Å². The Labute approximate surface area is 270 Å². The highest BCUT2D eigenvalue weighted by atomic mass is 35.5. The van der Waals surface area contributed by atoms with Gasteiger partial charge in [0.05, 0.1) is 17.7 Å². The van der Waals surface area contributed by atoms with Crippen LogP contribution in [0.5, 0.6) is 5.75 Å². The zero-order valence-corrected chi connectivity index (χ0v) is 27.2. The molecule has 0 aliphatic rings. The van der Waals surface area contributed by atoms with Crippen LogP contribution in [0.1, 0.15) is 31.4 Å². The van der Waals surface area contributed by atoms with E-state index in [1.807, 2.05) is 50.2 Å². The maximum atomic E-state index is 14.6. The summed E-state index contributed by atoms with van der Waals surface area (Å²) in [5, 5.41) is 3.51. The molecule has 45 heavy (non-hydrogen) atoms. The Bertz CT molecular complexity index is 1690. The number of rotatable bonds is 14. The van der Waals surface area contributed by atoms with E-state index in [-0.39, 0.29) is 41.2 Å². The monoisotopic (exact) mass is 647 g/mol. The third kappa shape index (κ3) is 8.65. The number of sulfonamides is 1. The lowest BCUT2D eigenvalue weighted by Gasteiger charge is -2.34. The second-order valence-electron chi connectivity index (χ2n) is 10.7. The van der Waals surface area contributed by atoms with Gasteiger partial charge in [0.25, 0.3) is 10.0 Å². The van der Waals surface area contributed by atoms with Crippen LogP contribution in [0.4, 0.5) is 5.69 Å². The van der Waals surface area contributed by atoms with Crippen molar-refractivity contribution >= 4 is 39.1 Å². The minimum absolute atomic E-state index is 0.0143. The number of para-hydroxylation sites is 2. The summed E-state index contributed by atoms with van der Waals surface area (Å²) in [5.41, 5.74) is 1.74. The summed E-state index contributed by atoms with van der Waals surface area (Å²) in [6.07, 6.45) is 0.915. The number of methoxy groups -OCH3 is 1. The van der Waals surface area contributed by atoms with Crippen molar-refractivity contribution < 1.29 is 22.7 Å². The van der Waals surface area contributed by atoms with Crippen molar-refractivity contribution in [2.24, 2.45) is 0 Å². The highest BCUT2D eigenvalue weighted by Crippen LogP contribution is 2.32. The topological polar surface area (TPSA) is 96.0 Å². The van der Waals surface area contributed by atoms with E-state index >= 15 is 0 Å². The first kappa shape index (κ1) is 33.6. The number of ether oxygens (including phenoxy) is 1. The number of anilines is 1. The van der Waals surface area contributed by atoms with Crippen LogP contribution in [0.2, 0.25) is 5.02 Å². The lowest BCUT2D eigenvalue weighted by atomic mass is 10.0. The molecule has 0 aromatic heterocycles. The SMILES string of the molecule is CC[C@H](C)NC(=O)[C@@H](Cc1ccccc1)N(Cc1cccc(Cl)c1)C(=O)CN(c1ccccc1OC)S(=O)(=O)c1ccccc1. The fraction of sp³-hybridized carbons (Fsp3) is 0.257. The Hall–Kier alpha value is -4.34. The molecule has 4 rings (SSSR count). The molecule has 8 nitrogen and oxygen atoms in total. The van der Waals surface area contributed by atoms with Crippen molar-refractivity contribution in [3.63, 3.8) is 0 Å². The smallest absolute Gasteiger partial charge is 0.264 e. The van der Waals surface area contributed by atoms with E-state index in [9.17, 15) is 18.0 Å². The Morgan fingerprint density at radius 3 is 2.13 bits per heavy atom. The van der Waals surface area contributed by atoms with Crippen molar-refractivity contribution in [3.05, 3.63) is 125 Å². The van der Waals surface area contributed by atoms with Crippen molar-refractivity contribution in [1.29, 1.82) is 0 Å². The largest absolute Gasteiger partial charge is 0.495 e. The van der Waals surface area contributed by atoms with Gasteiger partial charge in [-0.2, -0.15) is 0 Å². The molecule has 236 valence electrons. The van der Waals surface area contributed by atoms with E-state index < -0.39 is 28.5 Å². The number of benzene rings is 4. The number of nitrogens with zero attached hydrogens (tertiary/aromatic N) is 2. The first-order chi connectivity index (χ1) is 21.6. The van der Waals surface area contributed by atoms with Crippen molar-refractivity contribution in [1.82, 2.24) is 10.2 Å². The zero-order chi connectivity index (χ0) is 32.4. The standard InChI is InChI=1S/C35H38ClN3O5S/c1-4-26(2)37-35(41)32(23-27-14-7-5-8-15-27)38(24-28-16-13-17-29(36)22-28)34(40)25-39(31-20-11-12-21-33(31)44-3)45(42,43)30-18-9-6-10-19-30/h5-22,26,32H,4,23-25H2,1-3H3,(H,37,41)/t26-,32+/m0/s1. The van der Waals surface area contributed by atoms with Crippen molar-refractivity contribution in [2.75, 3.05) is 18.0 Å². The molecule has 0 aliphatic heterocycles. The van der Waals surface area contributed by atoms with Crippen LogP contribution in [0.3, 0.4) is 0 Å². The zero-order valence-electron chi connectivity index (χ0n) is 25.6. The maximum absolute atomic E-state index is 14.6. The summed E-state index contributed by atoms with van der Waals surface area (Å²) in [4.78, 5) is 29.9. The average Bonchev–Trinajstić information content (AvgIpc) is 3.05. The van der Waals surface area contributed by atoms with E-state index in [1.54, 1.807) is 60.7 Å². The van der Waals surface area contributed by atoms with Crippen molar-refractivity contribution in [3.8, 4) is 5.75 Å². The van der Waals surface area contributed by atoms with Crippen LogP contribution in [0, 0.1) is 0 Å². The first-order valence-electron chi connectivity index (χ1n) is 14.7. The Morgan fingerprint density at radius 2 is 1.49 bits per heavy atom. The van der Waals surface area contributed by atoms with Gasteiger partial charge in [0.2, 0.25) is 11.8 Å². The summed E-state index contributed by atoms with van der Waals surface area (Å²) in [7, 11) is -2.80. The van der Waals surface area contributed by atoms with Crippen molar-refractivity contribution in [2.45, 2.75) is 50.2 Å². The van der Waals surface area contributed by atoms with Crippen LogP contribution < -0.4 is 14.4 Å². The Kier molecular flexibility index (Phi) is 11.6. The van der Waals surface area contributed by atoms with Gasteiger partial charge in [0.1, 0.15) is 18.3 Å². The summed E-state index contributed by atoms with van der Waals surface area (Å²) in [6, 6.07) is 29.9. The number of amides is 2. The molecular weight excluding hydrogens is 610 g/mol. The lowest BCUT2D eigenvalue weighted by molar-refractivity contribution is -0.140. The molecule has 4 aromatic carbocycles. The molecule has 2 atom stereocenters. The first-order valence-corrected chi connectivity index (χ1v) is 16.5. The van der Waals surface area contributed by atoms with Gasteiger partial charge in [0, 0.05) is 24.0 Å². The molecule has 0 radical (unpaired) electrons. The van der Waals surface area contributed by atoms with E-state index in [4.69, 9.17) is 16.3 Å². The van der Waals surface area contributed by atoms with Crippen LogP contribution in [0.15, 0.2) is 114 Å². The molecule has 0 fully saturated rings. The third-order valence-electron chi connectivity index (χ3n) is 7.48. The van der Waals surface area contributed by atoms with Crippen LogP contribution in [-0.4, -0.2) is 50.9 Å². The van der Waals surface area contributed by atoms with E-state index in [0.29, 0.717) is 17.0 Å². The minimum atomic E-state index is -4.24. The maximum Gasteiger partial charge on any atom is 0.264 e. The second kappa shape index (κ2) is 15.6. The van der Waals surface area contributed by atoms with Gasteiger partial charge in [-0.1, -0.05) is 91.3 Å². The fourth-order valence-corrected chi connectivity index (χ4v) is 6.55. The number of carbonyl (C=O) groups is 2. The predicted molar refractivity (Wildman–Crippen MR) is 178 cm³/mol. The normalized spacial score (nSPS) is 12.5. The molecule has 0 heterocycles. The molecule has 10 heteroatoms. The van der Waals surface area contributed by atoms with Crippen LogP contribution in [0.25, 0.3) is 0 Å². The van der Waals surface area contributed by atoms with Gasteiger partial charge in [-0.3, -0.25) is 13.9 Å². The summed E-state index contributed by atoms with van der Waals surface area (Å²) in [6.45, 7) is 3.30. The molecule has 0 saturated carbocycles. The number of carbonyl (C=O) groups excluding carboxylic acids is 2. The number of nitrogens with one attached hydrogen (secondary N) is 1. The summed E-state index contributed by atoms with van der Waals surface area (Å²) < 4.78 is 34.8. The fourth-order valence-electron chi connectivity index (χ4n) is 4.90. The van der Waals surface area contributed by atoms with E-state index in [2.05, 4.69) is 5.32 Å². The Morgan fingerprint density at radius 1 is 0.867 bits per heavy atom. The summed E-state index contributed by atoms with van der Waals surface area (Å²) in [5.74, 6) is -0.625. The minimum Gasteiger partial charge on any atom is -0.495 e. The van der Waals surface area contributed by atoms with E-state index in [1.165, 1.54) is 24.1 Å². The molecule has 0 aliphatic carbocycles. The number of hydrogen-bond donors (Lipinski definition) is 1. The third-order valence-corrected chi connectivity index (χ3v) is 9.49.